The third kappa shape index (κ3) is 3.81. The summed E-state index contributed by atoms with van der Waals surface area (Å²) in [6.45, 7) is 0. The van der Waals surface area contributed by atoms with Crippen LogP contribution in [0.15, 0.2) is 91.0 Å². The molecule has 6 heteroatoms. The Balaban J connectivity index is 2.30. The molecule has 0 radical (unpaired) electrons. The Labute approximate surface area is 168 Å². The third-order valence-electron chi connectivity index (χ3n) is 4.02. The van der Waals surface area contributed by atoms with Crippen LogP contribution in [0.25, 0.3) is 0 Å². The van der Waals surface area contributed by atoms with Crippen molar-refractivity contribution in [3.05, 3.63) is 91.0 Å². The van der Waals surface area contributed by atoms with Crippen LogP contribution in [0.5, 0.6) is 0 Å². The summed E-state index contributed by atoms with van der Waals surface area (Å²) in [5, 5.41) is 2.67. The Bertz CT molecular complexity index is 769. The fourth-order valence-corrected chi connectivity index (χ4v) is 6.97. The molecule has 0 spiro atoms. The van der Waals surface area contributed by atoms with E-state index in [0.29, 0.717) is 0 Å². The van der Waals surface area contributed by atoms with Gasteiger partial charge >= 0.3 is 14.3 Å². The fourth-order valence-electron chi connectivity index (χ4n) is 2.89. The molecule has 0 aromatic heterocycles. The summed E-state index contributed by atoms with van der Waals surface area (Å²) in [7, 11) is -3.20. The SMILES string of the molecule is O=C(O[Si](c1ccccc1)(c1ccccc1)c1ccccc1)C(Cl)(Cl)Cl. The van der Waals surface area contributed by atoms with E-state index in [1.165, 1.54) is 0 Å². The highest BCUT2D eigenvalue weighted by atomic mass is 35.6. The lowest BCUT2D eigenvalue weighted by molar-refractivity contribution is -0.133. The first-order valence-electron chi connectivity index (χ1n) is 7.91. The Morgan fingerprint density at radius 3 is 1.23 bits per heavy atom. The molecule has 0 saturated heterocycles. The molecular formula is C20H15Cl3O2Si. The summed E-state index contributed by atoms with van der Waals surface area (Å²) in [5.41, 5.74) is 0. The number of hydrogen-bond donors (Lipinski definition) is 0. The summed E-state index contributed by atoms with van der Waals surface area (Å²) < 4.78 is 3.91. The third-order valence-corrected chi connectivity index (χ3v) is 8.41. The van der Waals surface area contributed by atoms with Crippen molar-refractivity contribution in [1.29, 1.82) is 0 Å². The summed E-state index contributed by atoms with van der Waals surface area (Å²) in [4.78, 5) is 12.6. The van der Waals surface area contributed by atoms with Crippen LogP contribution in [-0.4, -0.2) is 18.1 Å². The number of hydrogen-bond acceptors (Lipinski definition) is 2. The van der Waals surface area contributed by atoms with Crippen LogP contribution in [0.3, 0.4) is 0 Å². The molecule has 0 aliphatic rings. The van der Waals surface area contributed by atoms with Crippen LogP contribution >= 0.6 is 34.8 Å². The van der Waals surface area contributed by atoms with E-state index in [2.05, 4.69) is 0 Å². The van der Waals surface area contributed by atoms with Gasteiger partial charge in [-0.25, -0.2) is 4.79 Å². The van der Waals surface area contributed by atoms with Crippen molar-refractivity contribution < 1.29 is 9.22 Å². The molecule has 3 aromatic carbocycles. The minimum absolute atomic E-state index is 0.884. The maximum atomic E-state index is 12.6. The molecule has 0 heterocycles. The van der Waals surface area contributed by atoms with Gasteiger partial charge in [-0.1, -0.05) is 126 Å². The highest BCUT2D eigenvalue weighted by Crippen LogP contribution is 2.29. The molecule has 0 bridgehead atoms. The monoisotopic (exact) mass is 420 g/mol. The lowest BCUT2D eigenvalue weighted by Crippen LogP contribution is -2.70. The van der Waals surface area contributed by atoms with Crippen LogP contribution in [0.4, 0.5) is 0 Å². The standard InChI is InChI=1S/C20H15Cl3O2Si/c21-20(22,23)19(24)25-26(16-10-4-1-5-11-16,17-12-6-2-7-13-17)18-14-8-3-9-15-18/h1-15H. The van der Waals surface area contributed by atoms with E-state index in [1.54, 1.807) is 0 Å². The zero-order chi connectivity index (χ0) is 18.6. The molecule has 132 valence electrons. The van der Waals surface area contributed by atoms with E-state index in [4.69, 9.17) is 39.2 Å². The molecule has 0 N–H and O–H groups in total. The topological polar surface area (TPSA) is 26.3 Å². The molecule has 0 amide bonds. The van der Waals surface area contributed by atoms with Gasteiger partial charge in [-0.05, 0) is 15.6 Å². The number of carbonyl (C=O) groups is 1. The molecule has 0 atom stereocenters. The second-order valence-electron chi connectivity index (χ2n) is 5.67. The first-order chi connectivity index (χ1) is 12.4. The Hall–Kier alpha value is -1.78. The van der Waals surface area contributed by atoms with E-state index in [-0.39, 0.29) is 0 Å². The molecule has 0 saturated carbocycles. The fraction of sp³-hybridized carbons (Fsp3) is 0.0500. The molecule has 2 nitrogen and oxygen atoms in total. The Morgan fingerprint density at radius 2 is 0.962 bits per heavy atom. The van der Waals surface area contributed by atoms with Gasteiger partial charge in [0.25, 0.3) is 3.79 Å². The molecule has 3 aromatic rings. The quantitative estimate of drug-likeness (QED) is 0.366. The predicted octanol–water partition coefficient (Wildman–Crippen LogP) is 3.57. The van der Waals surface area contributed by atoms with Crippen molar-refractivity contribution in [2.24, 2.45) is 0 Å². The van der Waals surface area contributed by atoms with Gasteiger partial charge in [0.05, 0.1) is 0 Å². The predicted molar refractivity (Wildman–Crippen MR) is 110 cm³/mol. The van der Waals surface area contributed by atoms with Gasteiger partial charge in [0.1, 0.15) is 0 Å². The molecule has 0 fully saturated rings. The van der Waals surface area contributed by atoms with Gasteiger partial charge in [-0.15, -0.1) is 0 Å². The van der Waals surface area contributed by atoms with Gasteiger partial charge in [0, 0.05) is 0 Å². The van der Waals surface area contributed by atoms with E-state index >= 15 is 0 Å². The molecule has 3 rings (SSSR count). The van der Waals surface area contributed by atoms with Crippen molar-refractivity contribution in [2.45, 2.75) is 3.79 Å². The minimum atomic E-state index is -3.20. The Morgan fingerprint density at radius 1 is 0.654 bits per heavy atom. The van der Waals surface area contributed by atoms with Gasteiger partial charge in [-0.2, -0.15) is 0 Å². The minimum Gasteiger partial charge on any atom is -0.502 e. The summed E-state index contributed by atoms with van der Waals surface area (Å²) >= 11 is 17.5. The maximum absolute atomic E-state index is 12.6. The normalized spacial score (nSPS) is 11.8. The molecular weight excluding hydrogens is 407 g/mol. The van der Waals surface area contributed by atoms with Crippen molar-refractivity contribution in [3.8, 4) is 0 Å². The average Bonchev–Trinajstić information content (AvgIpc) is 2.67. The smallest absolute Gasteiger partial charge is 0.350 e. The zero-order valence-electron chi connectivity index (χ0n) is 13.6. The van der Waals surface area contributed by atoms with E-state index in [1.807, 2.05) is 91.0 Å². The van der Waals surface area contributed by atoms with Crippen LogP contribution < -0.4 is 15.6 Å². The zero-order valence-corrected chi connectivity index (χ0v) is 16.9. The largest absolute Gasteiger partial charge is 0.502 e. The summed E-state index contributed by atoms with van der Waals surface area (Å²) in [6, 6.07) is 28.8. The second kappa shape index (κ2) is 7.85. The van der Waals surface area contributed by atoms with E-state index in [9.17, 15) is 4.79 Å². The first kappa shape index (κ1) is 19.0. The summed E-state index contributed by atoms with van der Waals surface area (Å²) in [6.07, 6.45) is 0. The number of alkyl halides is 3. The van der Waals surface area contributed by atoms with Crippen LogP contribution in [0.2, 0.25) is 0 Å². The van der Waals surface area contributed by atoms with Crippen LogP contribution in [-0.2, 0) is 9.22 Å². The van der Waals surface area contributed by atoms with Crippen LogP contribution in [0.1, 0.15) is 0 Å². The molecule has 0 aliphatic carbocycles. The summed E-state index contributed by atoms with van der Waals surface area (Å²) in [5.74, 6) is -0.884. The van der Waals surface area contributed by atoms with E-state index < -0.39 is 18.1 Å². The van der Waals surface area contributed by atoms with E-state index in [0.717, 1.165) is 15.6 Å². The first-order valence-corrected chi connectivity index (χ1v) is 11.0. The Kier molecular flexibility index (Phi) is 5.73. The van der Waals surface area contributed by atoms with Gasteiger partial charge in [0.2, 0.25) is 0 Å². The van der Waals surface area contributed by atoms with Gasteiger partial charge < -0.3 is 4.43 Å². The van der Waals surface area contributed by atoms with Crippen molar-refractivity contribution >= 4 is 64.6 Å². The number of halogens is 3. The highest BCUT2D eigenvalue weighted by Gasteiger charge is 2.48. The average molecular weight is 422 g/mol. The van der Waals surface area contributed by atoms with Gasteiger partial charge in [-0.3, -0.25) is 0 Å². The van der Waals surface area contributed by atoms with Crippen molar-refractivity contribution in [1.82, 2.24) is 0 Å². The lowest BCUT2D eigenvalue weighted by Gasteiger charge is -2.33. The maximum Gasteiger partial charge on any atom is 0.350 e. The molecule has 0 unspecified atom stereocenters. The number of carbonyl (C=O) groups excluding carboxylic acids is 1. The second-order valence-corrected chi connectivity index (χ2v) is 11.2. The van der Waals surface area contributed by atoms with Gasteiger partial charge in [0.15, 0.2) is 0 Å². The van der Waals surface area contributed by atoms with Crippen molar-refractivity contribution in [2.75, 3.05) is 0 Å². The highest BCUT2D eigenvalue weighted by molar-refractivity contribution is 7.08. The molecule has 26 heavy (non-hydrogen) atoms. The lowest BCUT2D eigenvalue weighted by atomic mass is 10.3. The van der Waals surface area contributed by atoms with Crippen LogP contribution in [0, 0.1) is 0 Å². The molecule has 0 aliphatic heterocycles. The number of rotatable bonds is 4. The van der Waals surface area contributed by atoms with Crippen molar-refractivity contribution in [3.63, 3.8) is 0 Å². The number of benzene rings is 3.